The molecule has 0 aromatic heterocycles. The lowest BCUT2D eigenvalue weighted by molar-refractivity contribution is -0.176. The van der Waals surface area contributed by atoms with Gasteiger partial charge in [-0.1, -0.05) is 0 Å². The normalized spacial score (nSPS) is 47.8. The van der Waals surface area contributed by atoms with Gasteiger partial charge in [0.05, 0.1) is 11.6 Å². The van der Waals surface area contributed by atoms with Crippen molar-refractivity contribution in [2.75, 3.05) is 13.1 Å². The van der Waals surface area contributed by atoms with Gasteiger partial charge in [-0.3, -0.25) is 4.79 Å². The minimum Gasteiger partial charge on any atom is -0.390 e. The molecule has 4 saturated carbocycles. The molecule has 5 rings (SSSR count). The summed E-state index contributed by atoms with van der Waals surface area (Å²) in [7, 11) is 0. The highest BCUT2D eigenvalue weighted by Crippen LogP contribution is 2.62. The molecule has 3 N–H and O–H groups in total. The van der Waals surface area contributed by atoms with Gasteiger partial charge >= 0.3 is 0 Å². The average Bonchev–Trinajstić information content (AvgIpc) is 2.87. The molecule has 1 saturated heterocycles. The first-order valence-electron chi connectivity index (χ1n) is 8.27. The maximum absolute atomic E-state index is 12.7. The van der Waals surface area contributed by atoms with Crippen LogP contribution in [0.15, 0.2) is 0 Å². The molecule has 4 nitrogen and oxygen atoms in total. The average molecular weight is 278 g/mol. The quantitative estimate of drug-likeness (QED) is 0.799. The fourth-order valence-corrected chi connectivity index (χ4v) is 6.04. The summed E-state index contributed by atoms with van der Waals surface area (Å²) in [6.07, 6.45) is 8.23. The zero-order valence-electron chi connectivity index (χ0n) is 12.2. The number of carbonyl (C=O) groups is 1. The fourth-order valence-electron chi connectivity index (χ4n) is 6.04. The van der Waals surface area contributed by atoms with Crippen LogP contribution in [0.25, 0.3) is 0 Å². The molecule has 4 aliphatic carbocycles. The number of aliphatic hydroxyl groups is 1. The third-order valence-corrected chi connectivity index (χ3v) is 6.42. The molecular weight excluding hydrogens is 252 g/mol. The maximum Gasteiger partial charge on any atom is 0.240 e. The van der Waals surface area contributed by atoms with Gasteiger partial charge in [-0.25, -0.2) is 0 Å². The van der Waals surface area contributed by atoms with Crippen molar-refractivity contribution in [3.8, 4) is 0 Å². The van der Waals surface area contributed by atoms with Gasteiger partial charge < -0.3 is 15.7 Å². The van der Waals surface area contributed by atoms with E-state index in [2.05, 4.69) is 0 Å². The predicted molar refractivity (Wildman–Crippen MR) is 75.9 cm³/mol. The van der Waals surface area contributed by atoms with Crippen molar-refractivity contribution in [3.63, 3.8) is 0 Å². The Labute approximate surface area is 120 Å². The lowest BCUT2D eigenvalue weighted by Gasteiger charge is -2.61. The number of carbonyl (C=O) groups excluding carboxylic acids is 1. The van der Waals surface area contributed by atoms with Crippen LogP contribution >= 0.6 is 0 Å². The van der Waals surface area contributed by atoms with Crippen molar-refractivity contribution in [2.24, 2.45) is 23.0 Å². The first kappa shape index (κ1) is 13.1. The maximum atomic E-state index is 12.7. The molecule has 5 aliphatic rings. The van der Waals surface area contributed by atoms with Gasteiger partial charge in [-0.2, -0.15) is 0 Å². The predicted octanol–water partition coefficient (Wildman–Crippen LogP) is 1.27. The molecule has 0 aromatic rings. The fraction of sp³-hybridized carbons (Fsp3) is 0.938. The van der Waals surface area contributed by atoms with Gasteiger partial charge in [0.25, 0.3) is 0 Å². The second kappa shape index (κ2) is 4.20. The third-order valence-electron chi connectivity index (χ3n) is 6.42. The third kappa shape index (κ3) is 1.84. The second-order valence-corrected chi connectivity index (χ2v) is 8.06. The first-order valence-corrected chi connectivity index (χ1v) is 8.27. The molecule has 20 heavy (non-hydrogen) atoms. The zero-order chi connectivity index (χ0) is 14.0. The van der Waals surface area contributed by atoms with Crippen LogP contribution in [0, 0.1) is 17.3 Å². The Kier molecular flexibility index (Phi) is 2.75. The summed E-state index contributed by atoms with van der Waals surface area (Å²) < 4.78 is 0. The van der Waals surface area contributed by atoms with Gasteiger partial charge in [0, 0.05) is 13.1 Å². The van der Waals surface area contributed by atoms with E-state index in [0.717, 1.165) is 58.0 Å². The van der Waals surface area contributed by atoms with Crippen molar-refractivity contribution in [1.29, 1.82) is 0 Å². The molecule has 2 unspecified atom stereocenters. The van der Waals surface area contributed by atoms with Crippen LogP contribution in [0.1, 0.15) is 51.4 Å². The van der Waals surface area contributed by atoms with Crippen LogP contribution in [0.3, 0.4) is 0 Å². The van der Waals surface area contributed by atoms with Crippen LogP contribution in [0.4, 0.5) is 0 Å². The van der Waals surface area contributed by atoms with Gasteiger partial charge in [0.1, 0.15) is 0 Å². The summed E-state index contributed by atoms with van der Waals surface area (Å²) in [5, 5.41) is 10.8. The van der Waals surface area contributed by atoms with E-state index < -0.39 is 11.6 Å². The molecule has 0 aromatic carbocycles. The molecule has 5 fully saturated rings. The topological polar surface area (TPSA) is 66.6 Å². The Morgan fingerprint density at radius 2 is 1.75 bits per heavy atom. The molecule has 0 spiro atoms. The van der Waals surface area contributed by atoms with Crippen LogP contribution < -0.4 is 5.73 Å². The summed E-state index contributed by atoms with van der Waals surface area (Å²) >= 11 is 0. The summed E-state index contributed by atoms with van der Waals surface area (Å²) in [5.74, 6) is 1.34. The van der Waals surface area contributed by atoms with Crippen LogP contribution in [-0.2, 0) is 4.79 Å². The van der Waals surface area contributed by atoms with Crippen molar-refractivity contribution >= 4 is 5.91 Å². The lowest BCUT2D eigenvalue weighted by atomic mass is 9.46. The molecule has 0 radical (unpaired) electrons. The monoisotopic (exact) mass is 278 g/mol. The van der Waals surface area contributed by atoms with Crippen molar-refractivity contribution in [3.05, 3.63) is 0 Å². The molecule has 4 heteroatoms. The minimum absolute atomic E-state index is 0.113. The number of rotatable bonds is 2. The van der Waals surface area contributed by atoms with E-state index in [1.165, 1.54) is 6.42 Å². The highest BCUT2D eigenvalue weighted by molar-refractivity contribution is 5.83. The molecule has 1 heterocycles. The zero-order valence-corrected chi connectivity index (χ0v) is 12.2. The SMILES string of the molecule is N[C@H](C(=O)N1CCCC1)C12CC3CC(CC(O)(C3)C1)C2. The van der Waals surface area contributed by atoms with E-state index >= 15 is 0 Å². The van der Waals surface area contributed by atoms with Crippen LogP contribution in [-0.4, -0.2) is 40.6 Å². The second-order valence-electron chi connectivity index (χ2n) is 8.06. The standard InChI is InChI=1S/C16H26N2O2/c17-13(14(19)18-3-1-2-4-18)15-6-11-5-12(7-15)9-16(20,8-11)10-15/h11-13,20H,1-10,17H2/t11?,12?,13-,15?,16?/m1/s1. The highest BCUT2D eigenvalue weighted by Gasteiger charge is 2.60. The molecule has 1 aliphatic heterocycles. The van der Waals surface area contributed by atoms with E-state index in [9.17, 15) is 9.90 Å². The number of nitrogens with zero attached hydrogens (tertiary/aromatic N) is 1. The van der Waals surface area contributed by atoms with Gasteiger partial charge in [0.15, 0.2) is 0 Å². The summed E-state index contributed by atoms with van der Waals surface area (Å²) in [5.41, 5.74) is 5.82. The van der Waals surface area contributed by atoms with E-state index in [1.54, 1.807) is 0 Å². The Bertz CT molecular complexity index is 416. The molecule has 1 amide bonds. The molecule has 112 valence electrons. The van der Waals surface area contributed by atoms with Crippen molar-refractivity contribution in [2.45, 2.75) is 63.0 Å². The number of nitrogens with two attached hydrogens (primary N) is 1. The van der Waals surface area contributed by atoms with Crippen LogP contribution in [0.5, 0.6) is 0 Å². The molecule has 3 atom stereocenters. The molecular formula is C16H26N2O2. The lowest BCUT2D eigenvalue weighted by Crippen LogP contribution is -2.64. The Balaban J connectivity index is 1.59. The van der Waals surface area contributed by atoms with E-state index in [-0.39, 0.29) is 11.3 Å². The Morgan fingerprint density at radius 3 is 2.30 bits per heavy atom. The van der Waals surface area contributed by atoms with Gasteiger partial charge in [-0.15, -0.1) is 0 Å². The van der Waals surface area contributed by atoms with Crippen molar-refractivity contribution < 1.29 is 9.90 Å². The number of hydrogen-bond acceptors (Lipinski definition) is 3. The largest absolute Gasteiger partial charge is 0.390 e. The number of hydrogen-bond donors (Lipinski definition) is 2. The smallest absolute Gasteiger partial charge is 0.240 e. The van der Waals surface area contributed by atoms with E-state index in [1.807, 2.05) is 4.90 Å². The van der Waals surface area contributed by atoms with Crippen LogP contribution in [0.2, 0.25) is 0 Å². The van der Waals surface area contributed by atoms with E-state index in [4.69, 9.17) is 5.73 Å². The number of amides is 1. The van der Waals surface area contributed by atoms with Gasteiger partial charge in [0.2, 0.25) is 5.91 Å². The summed E-state index contributed by atoms with van der Waals surface area (Å²) in [6, 6.07) is -0.391. The Morgan fingerprint density at radius 1 is 1.15 bits per heavy atom. The van der Waals surface area contributed by atoms with E-state index in [0.29, 0.717) is 11.8 Å². The van der Waals surface area contributed by atoms with Gasteiger partial charge in [-0.05, 0) is 68.6 Å². The minimum atomic E-state index is -0.521. The Hall–Kier alpha value is -0.610. The summed E-state index contributed by atoms with van der Waals surface area (Å²) in [4.78, 5) is 14.6. The molecule has 4 bridgehead atoms. The first-order chi connectivity index (χ1) is 9.50. The number of likely N-dealkylation sites (tertiary alicyclic amines) is 1. The highest BCUT2D eigenvalue weighted by atomic mass is 16.3. The summed E-state index contributed by atoms with van der Waals surface area (Å²) in [6.45, 7) is 1.75. The van der Waals surface area contributed by atoms with Crippen molar-refractivity contribution in [1.82, 2.24) is 4.90 Å².